The zero-order valence-corrected chi connectivity index (χ0v) is 11.5. The highest BCUT2D eigenvalue weighted by atomic mass is 32.1. The Hall–Kier alpha value is -1.66. The maximum Gasteiger partial charge on any atom is 0.266 e. The summed E-state index contributed by atoms with van der Waals surface area (Å²) in [5.74, 6) is 1.45. The van der Waals surface area contributed by atoms with Crippen LogP contribution in [0.2, 0.25) is 0 Å². The summed E-state index contributed by atoms with van der Waals surface area (Å²) in [6.45, 7) is 4.51. The van der Waals surface area contributed by atoms with Crippen LogP contribution >= 0.6 is 11.3 Å². The Morgan fingerprint density at radius 3 is 2.79 bits per heavy atom. The SMILES string of the molecule is Cc1ccc(-c2nc(C)c(C(=O)N3CC(O)C3)s2)o1. The van der Waals surface area contributed by atoms with Gasteiger partial charge in [-0.2, -0.15) is 0 Å². The molecule has 6 heteroatoms. The number of hydrogen-bond donors (Lipinski definition) is 1. The summed E-state index contributed by atoms with van der Waals surface area (Å²) in [7, 11) is 0. The van der Waals surface area contributed by atoms with Gasteiger partial charge in [-0.3, -0.25) is 4.79 Å². The molecule has 100 valence electrons. The van der Waals surface area contributed by atoms with Crippen molar-refractivity contribution in [3.63, 3.8) is 0 Å². The first-order chi connectivity index (χ1) is 9.04. The number of likely N-dealkylation sites (tertiary alicyclic amines) is 1. The molecular weight excluding hydrogens is 264 g/mol. The van der Waals surface area contributed by atoms with Crippen LogP contribution in [0.25, 0.3) is 10.8 Å². The number of aliphatic hydroxyl groups excluding tert-OH is 1. The van der Waals surface area contributed by atoms with Crippen molar-refractivity contribution in [1.29, 1.82) is 0 Å². The Kier molecular flexibility index (Phi) is 2.91. The van der Waals surface area contributed by atoms with Gasteiger partial charge in [-0.05, 0) is 26.0 Å². The third kappa shape index (κ3) is 2.17. The van der Waals surface area contributed by atoms with Crippen LogP contribution in [0.4, 0.5) is 0 Å². The number of furan rings is 1. The maximum absolute atomic E-state index is 12.2. The zero-order chi connectivity index (χ0) is 13.6. The number of carbonyl (C=O) groups excluding carboxylic acids is 1. The van der Waals surface area contributed by atoms with Gasteiger partial charge in [0.2, 0.25) is 0 Å². The lowest BCUT2D eigenvalue weighted by molar-refractivity contribution is 0.00616. The Morgan fingerprint density at radius 1 is 1.47 bits per heavy atom. The smallest absolute Gasteiger partial charge is 0.266 e. The third-order valence-corrected chi connectivity index (χ3v) is 4.25. The molecule has 5 nitrogen and oxygen atoms in total. The molecule has 3 heterocycles. The van der Waals surface area contributed by atoms with Crippen LogP contribution < -0.4 is 0 Å². The van der Waals surface area contributed by atoms with Crippen LogP contribution in [0.15, 0.2) is 16.5 Å². The molecular formula is C13H14N2O3S. The summed E-state index contributed by atoms with van der Waals surface area (Å²) >= 11 is 1.34. The molecule has 0 atom stereocenters. The minimum Gasteiger partial charge on any atom is -0.459 e. The predicted octanol–water partition coefficient (Wildman–Crippen LogP) is 1.84. The Balaban J connectivity index is 1.87. The third-order valence-electron chi connectivity index (χ3n) is 3.09. The molecule has 1 saturated heterocycles. The van der Waals surface area contributed by atoms with E-state index in [4.69, 9.17) is 4.42 Å². The van der Waals surface area contributed by atoms with Gasteiger partial charge in [-0.15, -0.1) is 11.3 Å². The molecule has 2 aromatic heterocycles. The fraction of sp³-hybridized carbons (Fsp3) is 0.385. The topological polar surface area (TPSA) is 66.6 Å². The minimum atomic E-state index is -0.385. The Bertz CT molecular complexity index is 626. The number of β-amino-alcohol motifs (C(OH)–C–C–N with tert-alkyl or cyclic N) is 1. The van der Waals surface area contributed by atoms with Crippen molar-refractivity contribution < 1.29 is 14.3 Å². The van der Waals surface area contributed by atoms with Gasteiger partial charge in [-0.25, -0.2) is 4.98 Å². The summed E-state index contributed by atoms with van der Waals surface area (Å²) in [5, 5.41) is 9.97. The van der Waals surface area contributed by atoms with Crippen LogP contribution in [0.1, 0.15) is 21.1 Å². The van der Waals surface area contributed by atoms with E-state index in [2.05, 4.69) is 4.98 Å². The summed E-state index contributed by atoms with van der Waals surface area (Å²) < 4.78 is 5.52. The fourth-order valence-electron chi connectivity index (χ4n) is 2.01. The molecule has 0 aromatic carbocycles. The van der Waals surface area contributed by atoms with E-state index in [9.17, 15) is 9.90 Å². The Labute approximate surface area is 114 Å². The quantitative estimate of drug-likeness (QED) is 0.910. The fourth-order valence-corrected chi connectivity index (χ4v) is 3.01. The molecule has 0 aliphatic carbocycles. The average Bonchev–Trinajstić information content (AvgIpc) is 2.90. The van der Waals surface area contributed by atoms with E-state index >= 15 is 0 Å². The minimum absolute atomic E-state index is 0.0603. The molecule has 1 aliphatic rings. The highest BCUT2D eigenvalue weighted by molar-refractivity contribution is 7.17. The molecule has 0 radical (unpaired) electrons. The lowest BCUT2D eigenvalue weighted by Gasteiger charge is -2.35. The second kappa shape index (κ2) is 4.47. The molecule has 3 rings (SSSR count). The van der Waals surface area contributed by atoms with Crippen molar-refractivity contribution in [3.8, 4) is 10.8 Å². The van der Waals surface area contributed by atoms with Gasteiger partial charge in [-0.1, -0.05) is 0 Å². The molecule has 0 bridgehead atoms. The van der Waals surface area contributed by atoms with Crippen molar-refractivity contribution >= 4 is 17.2 Å². The molecule has 0 saturated carbocycles. The van der Waals surface area contributed by atoms with Gasteiger partial charge < -0.3 is 14.4 Å². The van der Waals surface area contributed by atoms with Crippen LogP contribution in [0.5, 0.6) is 0 Å². The van der Waals surface area contributed by atoms with Gasteiger partial charge >= 0.3 is 0 Å². The number of hydrogen-bond acceptors (Lipinski definition) is 5. The number of carbonyl (C=O) groups is 1. The van der Waals surface area contributed by atoms with Gasteiger partial charge in [0.15, 0.2) is 10.8 Å². The first-order valence-corrected chi connectivity index (χ1v) is 6.88. The zero-order valence-electron chi connectivity index (χ0n) is 10.7. The molecule has 0 unspecified atom stereocenters. The lowest BCUT2D eigenvalue weighted by Crippen LogP contribution is -2.53. The van der Waals surface area contributed by atoms with Crippen molar-refractivity contribution in [2.24, 2.45) is 0 Å². The number of rotatable bonds is 2. The van der Waals surface area contributed by atoms with Gasteiger partial charge in [0.25, 0.3) is 5.91 Å². The number of amides is 1. The van der Waals surface area contributed by atoms with E-state index < -0.39 is 0 Å². The second-order valence-corrected chi connectivity index (χ2v) is 5.71. The van der Waals surface area contributed by atoms with Crippen molar-refractivity contribution in [3.05, 3.63) is 28.5 Å². The molecule has 19 heavy (non-hydrogen) atoms. The monoisotopic (exact) mass is 278 g/mol. The molecule has 1 fully saturated rings. The highest BCUT2D eigenvalue weighted by Gasteiger charge is 2.31. The standard InChI is InChI=1S/C13H14N2O3S/c1-7-3-4-10(18-7)12-14-8(2)11(19-12)13(17)15-5-9(16)6-15/h3-4,9,16H,5-6H2,1-2H3. The largest absolute Gasteiger partial charge is 0.459 e. The number of aromatic nitrogens is 1. The van der Waals surface area contributed by atoms with Crippen molar-refractivity contribution in [1.82, 2.24) is 9.88 Å². The number of thiazole rings is 1. The highest BCUT2D eigenvalue weighted by Crippen LogP contribution is 2.30. The number of aryl methyl sites for hydroxylation is 2. The van der Waals surface area contributed by atoms with E-state index in [1.165, 1.54) is 11.3 Å². The first-order valence-electron chi connectivity index (χ1n) is 6.06. The second-order valence-electron chi connectivity index (χ2n) is 4.71. The lowest BCUT2D eigenvalue weighted by atomic mass is 10.1. The van der Waals surface area contributed by atoms with Crippen LogP contribution in [-0.4, -0.2) is 40.1 Å². The van der Waals surface area contributed by atoms with Crippen LogP contribution in [-0.2, 0) is 0 Å². The van der Waals surface area contributed by atoms with E-state index in [-0.39, 0.29) is 12.0 Å². The van der Waals surface area contributed by atoms with Crippen molar-refractivity contribution in [2.45, 2.75) is 20.0 Å². The van der Waals surface area contributed by atoms with E-state index in [1.807, 2.05) is 26.0 Å². The molecule has 1 aliphatic heterocycles. The molecule has 0 spiro atoms. The van der Waals surface area contributed by atoms with Gasteiger partial charge in [0.05, 0.1) is 11.8 Å². The molecule has 2 aromatic rings. The van der Waals surface area contributed by atoms with E-state index in [1.54, 1.807) is 4.90 Å². The van der Waals surface area contributed by atoms with Crippen LogP contribution in [0, 0.1) is 13.8 Å². The first kappa shape index (κ1) is 12.4. The summed E-state index contributed by atoms with van der Waals surface area (Å²) in [6.07, 6.45) is -0.385. The maximum atomic E-state index is 12.2. The van der Waals surface area contributed by atoms with Crippen molar-refractivity contribution in [2.75, 3.05) is 13.1 Å². The Morgan fingerprint density at radius 2 is 2.21 bits per heavy atom. The summed E-state index contributed by atoms with van der Waals surface area (Å²) in [6, 6.07) is 3.73. The van der Waals surface area contributed by atoms with E-state index in [0.717, 1.165) is 10.8 Å². The number of aliphatic hydroxyl groups is 1. The predicted molar refractivity (Wildman–Crippen MR) is 71.2 cm³/mol. The summed E-state index contributed by atoms with van der Waals surface area (Å²) in [5.41, 5.74) is 0.709. The normalized spacial score (nSPS) is 15.6. The molecule has 1 N–H and O–H groups in total. The number of nitrogens with zero attached hydrogens (tertiary/aromatic N) is 2. The average molecular weight is 278 g/mol. The molecule has 1 amide bonds. The van der Waals surface area contributed by atoms with Gasteiger partial charge in [0, 0.05) is 13.1 Å². The van der Waals surface area contributed by atoms with E-state index in [0.29, 0.717) is 29.4 Å². The summed E-state index contributed by atoms with van der Waals surface area (Å²) in [4.78, 5) is 18.8. The van der Waals surface area contributed by atoms with Crippen LogP contribution in [0.3, 0.4) is 0 Å². The van der Waals surface area contributed by atoms with Gasteiger partial charge in [0.1, 0.15) is 10.6 Å².